The van der Waals surface area contributed by atoms with Crippen LogP contribution in [-0.4, -0.2) is 32.4 Å². The lowest BCUT2D eigenvalue weighted by atomic mass is 10.0. The quantitative estimate of drug-likeness (QED) is 0.444. The summed E-state index contributed by atoms with van der Waals surface area (Å²) in [6.45, 7) is 1.54. The molecule has 168 valence electrons. The molecule has 0 spiro atoms. The number of nitrogens with zero attached hydrogens (tertiary/aromatic N) is 2. The van der Waals surface area contributed by atoms with E-state index >= 15 is 0 Å². The fraction of sp³-hybridized carbons (Fsp3) is 0.160. The number of nitrogens with one attached hydrogen (secondary N) is 1. The Kier molecular flexibility index (Phi) is 5.19. The van der Waals surface area contributed by atoms with Crippen molar-refractivity contribution in [1.82, 2.24) is 14.2 Å². The number of allylic oxidation sites excluding steroid dienone is 2. The number of aromatic amines is 1. The standard InChI is InChI=1S/C25H23N3O4S/c1-25(33(30,31)28-14-11-22-19(17-29)6-3-9-24(22)28)12-4-8-21(16-25)32-20-7-2-5-18(15-20)23-10-13-26-27-23/h2-11,13-16,29H,12,17H2,1H3,(H,26,27). The lowest BCUT2D eigenvalue weighted by molar-refractivity contribution is 0.283. The van der Waals surface area contributed by atoms with Crippen LogP contribution in [0.15, 0.2) is 91.0 Å². The molecule has 2 aromatic heterocycles. The molecule has 33 heavy (non-hydrogen) atoms. The zero-order chi connectivity index (χ0) is 23.1. The van der Waals surface area contributed by atoms with Crippen LogP contribution in [0.2, 0.25) is 0 Å². The molecule has 0 aliphatic heterocycles. The summed E-state index contributed by atoms with van der Waals surface area (Å²) in [5.74, 6) is 1.06. The van der Waals surface area contributed by atoms with Crippen molar-refractivity contribution < 1.29 is 18.3 Å². The third-order valence-corrected chi connectivity index (χ3v) is 8.24. The highest BCUT2D eigenvalue weighted by Crippen LogP contribution is 2.35. The maximum absolute atomic E-state index is 13.7. The van der Waals surface area contributed by atoms with Gasteiger partial charge in [0.25, 0.3) is 0 Å². The largest absolute Gasteiger partial charge is 0.458 e. The average molecular weight is 462 g/mol. The van der Waals surface area contributed by atoms with E-state index < -0.39 is 14.8 Å². The summed E-state index contributed by atoms with van der Waals surface area (Å²) in [5, 5.41) is 17.2. The molecule has 0 amide bonds. The number of hydrogen-bond donors (Lipinski definition) is 2. The van der Waals surface area contributed by atoms with Crippen LogP contribution >= 0.6 is 0 Å². The molecule has 1 unspecified atom stereocenters. The Labute approximate surface area is 191 Å². The van der Waals surface area contributed by atoms with Crippen molar-refractivity contribution in [3.63, 3.8) is 0 Å². The number of ether oxygens (including phenoxy) is 1. The van der Waals surface area contributed by atoms with Gasteiger partial charge in [-0.25, -0.2) is 12.4 Å². The van der Waals surface area contributed by atoms with E-state index in [2.05, 4.69) is 10.2 Å². The Bertz CT molecular complexity index is 1480. The van der Waals surface area contributed by atoms with Gasteiger partial charge in [0, 0.05) is 23.3 Å². The number of aromatic nitrogens is 3. The highest BCUT2D eigenvalue weighted by Gasteiger charge is 2.40. The van der Waals surface area contributed by atoms with Crippen LogP contribution in [0.3, 0.4) is 0 Å². The van der Waals surface area contributed by atoms with E-state index in [0.29, 0.717) is 29.0 Å². The fourth-order valence-corrected chi connectivity index (χ4v) is 5.78. The van der Waals surface area contributed by atoms with Crippen molar-refractivity contribution in [1.29, 1.82) is 0 Å². The van der Waals surface area contributed by atoms with Gasteiger partial charge in [-0.1, -0.05) is 30.3 Å². The second-order valence-electron chi connectivity index (χ2n) is 8.19. The maximum atomic E-state index is 13.7. The molecule has 0 saturated carbocycles. The molecule has 8 heteroatoms. The summed E-state index contributed by atoms with van der Waals surface area (Å²) in [6, 6.07) is 16.4. The van der Waals surface area contributed by atoms with Crippen molar-refractivity contribution in [3.05, 3.63) is 96.5 Å². The summed E-state index contributed by atoms with van der Waals surface area (Å²) >= 11 is 0. The number of aliphatic hydroxyl groups excluding tert-OH is 1. The monoisotopic (exact) mass is 461 g/mol. The van der Waals surface area contributed by atoms with Crippen LogP contribution in [0.25, 0.3) is 22.2 Å². The Morgan fingerprint density at radius 3 is 2.82 bits per heavy atom. The van der Waals surface area contributed by atoms with Gasteiger partial charge in [0.05, 0.1) is 17.8 Å². The van der Waals surface area contributed by atoms with Gasteiger partial charge in [0.15, 0.2) is 0 Å². The third-order valence-electron chi connectivity index (χ3n) is 5.94. The molecule has 4 aromatic rings. The lowest BCUT2D eigenvalue weighted by Crippen LogP contribution is -2.38. The van der Waals surface area contributed by atoms with Gasteiger partial charge in [0.1, 0.15) is 16.3 Å². The zero-order valence-electron chi connectivity index (χ0n) is 18.0. The first-order chi connectivity index (χ1) is 15.9. The summed E-state index contributed by atoms with van der Waals surface area (Å²) in [5.41, 5.74) is 3.01. The number of rotatable bonds is 6. The fourth-order valence-electron chi connectivity index (χ4n) is 4.12. The van der Waals surface area contributed by atoms with Crippen LogP contribution in [0.4, 0.5) is 0 Å². The van der Waals surface area contributed by atoms with E-state index in [-0.39, 0.29) is 6.61 Å². The predicted octanol–water partition coefficient (Wildman–Crippen LogP) is 4.38. The summed E-state index contributed by atoms with van der Waals surface area (Å²) < 4.78 is 33.6. The van der Waals surface area contributed by atoms with Gasteiger partial charge in [-0.15, -0.1) is 0 Å². The van der Waals surface area contributed by atoms with Crippen molar-refractivity contribution in [3.8, 4) is 17.0 Å². The molecule has 1 aliphatic carbocycles. The van der Waals surface area contributed by atoms with Crippen molar-refractivity contribution in [2.24, 2.45) is 0 Å². The van der Waals surface area contributed by atoms with Crippen molar-refractivity contribution >= 4 is 20.9 Å². The van der Waals surface area contributed by atoms with Crippen molar-refractivity contribution in [2.75, 3.05) is 0 Å². The van der Waals surface area contributed by atoms with Crippen LogP contribution in [0.5, 0.6) is 5.75 Å². The molecule has 0 fully saturated rings. The first-order valence-electron chi connectivity index (χ1n) is 10.5. The second kappa shape index (κ2) is 8.06. The highest BCUT2D eigenvalue weighted by atomic mass is 32.2. The average Bonchev–Trinajstić information content (AvgIpc) is 3.49. The SMILES string of the molecule is CC1(S(=O)(=O)n2ccc3c(CO)cccc32)C=C(Oc2cccc(-c3ccn[nH]3)c2)C=CC1. The molecule has 1 atom stereocenters. The Balaban J connectivity index is 1.49. The summed E-state index contributed by atoms with van der Waals surface area (Å²) in [6.07, 6.45) is 8.81. The van der Waals surface area contributed by atoms with E-state index in [1.165, 1.54) is 3.97 Å². The van der Waals surface area contributed by atoms with E-state index in [4.69, 9.17) is 4.74 Å². The van der Waals surface area contributed by atoms with Gasteiger partial charge in [-0.2, -0.15) is 5.10 Å². The number of hydrogen-bond acceptors (Lipinski definition) is 5. The molecule has 2 N–H and O–H groups in total. The summed E-state index contributed by atoms with van der Waals surface area (Å²) in [7, 11) is -3.82. The number of H-pyrrole nitrogens is 1. The molecule has 0 radical (unpaired) electrons. The van der Waals surface area contributed by atoms with Gasteiger partial charge in [0.2, 0.25) is 10.0 Å². The van der Waals surface area contributed by atoms with E-state index in [9.17, 15) is 13.5 Å². The number of fused-ring (bicyclic) bond motifs is 1. The Morgan fingerprint density at radius 1 is 1.18 bits per heavy atom. The molecule has 7 nitrogen and oxygen atoms in total. The number of aliphatic hydroxyl groups is 1. The van der Waals surface area contributed by atoms with Crippen LogP contribution < -0.4 is 4.74 Å². The maximum Gasteiger partial charge on any atom is 0.248 e. The molecular formula is C25H23N3O4S. The minimum atomic E-state index is -3.82. The Hall–Kier alpha value is -3.62. The molecular weight excluding hydrogens is 438 g/mol. The zero-order valence-corrected chi connectivity index (χ0v) is 18.8. The molecule has 0 bridgehead atoms. The molecule has 1 aliphatic rings. The smallest absolute Gasteiger partial charge is 0.248 e. The first-order valence-corrected chi connectivity index (χ1v) is 12.0. The van der Waals surface area contributed by atoms with Crippen LogP contribution in [0, 0.1) is 0 Å². The van der Waals surface area contributed by atoms with Crippen molar-refractivity contribution in [2.45, 2.75) is 24.7 Å². The minimum Gasteiger partial charge on any atom is -0.458 e. The van der Waals surface area contributed by atoms with Crippen LogP contribution in [0.1, 0.15) is 18.9 Å². The Morgan fingerprint density at radius 2 is 2.03 bits per heavy atom. The van der Waals surface area contributed by atoms with Crippen LogP contribution in [-0.2, 0) is 16.6 Å². The minimum absolute atomic E-state index is 0.156. The lowest BCUT2D eigenvalue weighted by Gasteiger charge is -2.29. The molecule has 2 heterocycles. The molecule has 0 saturated heterocycles. The number of benzene rings is 2. The topological polar surface area (TPSA) is 97.2 Å². The third kappa shape index (κ3) is 3.67. The predicted molar refractivity (Wildman–Crippen MR) is 127 cm³/mol. The normalized spacial score (nSPS) is 18.4. The van der Waals surface area contributed by atoms with E-state index in [1.54, 1.807) is 55.7 Å². The van der Waals surface area contributed by atoms with E-state index in [0.717, 1.165) is 16.6 Å². The van der Waals surface area contributed by atoms with Gasteiger partial charge in [-0.05, 0) is 61.4 Å². The summed E-state index contributed by atoms with van der Waals surface area (Å²) in [4.78, 5) is 0. The first kappa shape index (κ1) is 21.2. The van der Waals surface area contributed by atoms with Gasteiger partial charge >= 0.3 is 0 Å². The molecule has 5 rings (SSSR count). The van der Waals surface area contributed by atoms with E-state index in [1.807, 2.05) is 36.4 Å². The van der Waals surface area contributed by atoms with Gasteiger partial charge in [-0.3, -0.25) is 5.10 Å². The highest BCUT2D eigenvalue weighted by molar-refractivity contribution is 7.91. The molecule has 2 aromatic carbocycles. The van der Waals surface area contributed by atoms with Gasteiger partial charge < -0.3 is 9.84 Å². The second-order valence-corrected chi connectivity index (χ2v) is 10.5.